The van der Waals surface area contributed by atoms with Gasteiger partial charge in [-0.2, -0.15) is 0 Å². The number of halogens is 1. The molecule has 0 bridgehead atoms. The topological polar surface area (TPSA) is 49.4 Å². The molecule has 0 spiro atoms. The van der Waals surface area contributed by atoms with Crippen molar-refractivity contribution < 1.29 is 9.59 Å². The van der Waals surface area contributed by atoms with Gasteiger partial charge in [0.15, 0.2) is 0 Å². The zero-order chi connectivity index (χ0) is 21.3. The molecule has 2 amide bonds. The molecule has 0 saturated heterocycles. The van der Waals surface area contributed by atoms with Gasteiger partial charge >= 0.3 is 0 Å². The first kappa shape index (κ1) is 22.5. The molecule has 160 valence electrons. The minimum atomic E-state index is -0.505. The first-order valence-corrected chi connectivity index (χ1v) is 11.7. The first-order valence-electron chi connectivity index (χ1n) is 10.9. The van der Waals surface area contributed by atoms with E-state index in [0.29, 0.717) is 19.4 Å². The predicted molar refractivity (Wildman–Crippen MR) is 124 cm³/mol. The Morgan fingerprint density at radius 2 is 1.73 bits per heavy atom. The summed E-state index contributed by atoms with van der Waals surface area (Å²) in [5.41, 5.74) is 2.14. The Morgan fingerprint density at radius 1 is 1.03 bits per heavy atom. The molecule has 1 fully saturated rings. The summed E-state index contributed by atoms with van der Waals surface area (Å²) in [7, 11) is 0. The minimum absolute atomic E-state index is 0.00474. The van der Waals surface area contributed by atoms with Crippen LogP contribution in [0.2, 0.25) is 0 Å². The Balaban J connectivity index is 1.69. The predicted octanol–water partition coefficient (Wildman–Crippen LogP) is 5.25. The van der Waals surface area contributed by atoms with Crippen LogP contribution in [0.25, 0.3) is 0 Å². The molecule has 0 aromatic heterocycles. The highest BCUT2D eigenvalue weighted by Gasteiger charge is 2.27. The first-order chi connectivity index (χ1) is 14.5. The molecule has 4 nitrogen and oxygen atoms in total. The van der Waals surface area contributed by atoms with E-state index in [-0.39, 0.29) is 17.9 Å². The number of carbonyl (C=O) groups excluding carboxylic acids is 2. The van der Waals surface area contributed by atoms with Gasteiger partial charge in [0, 0.05) is 23.5 Å². The van der Waals surface area contributed by atoms with Crippen LogP contribution in [0.5, 0.6) is 0 Å². The van der Waals surface area contributed by atoms with Crippen molar-refractivity contribution in [1.29, 1.82) is 0 Å². The zero-order valence-corrected chi connectivity index (χ0v) is 19.2. The molecule has 5 heteroatoms. The van der Waals surface area contributed by atoms with Crippen molar-refractivity contribution in [1.82, 2.24) is 10.2 Å². The summed E-state index contributed by atoms with van der Waals surface area (Å²) < 4.78 is 0.969. The molecule has 1 atom stereocenters. The number of carbonyl (C=O) groups is 2. The standard InChI is InChI=1S/C25H31BrN2O2/c1-19(25(30)27-23-13-6-3-7-14-23)28(18-21-11-8-12-22(26)17-21)24(29)16-15-20-9-4-2-5-10-20/h2,4-5,8-12,17,19,23H,3,6-7,13-16,18H2,1H3,(H,27,30). The average molecular weight is 471 g/mol. The molecule has 1 aliphatic rings. The lowest BCUT2D eigenvalue weighted by Crippen LogP contribution is -2.50. The summed E-state index contributed by atoms with van der Waals surface area (Å²) in [4.78, 5) is 27.9. The maximum absolute atomic E-state index is 13.2. The second-order valence-corrected chi connectivity index (χ2v) is 9.07. The second kappa shape index (κ2) is 11.3. The van der Waals surface area contributed by atoms with Crippen molar-refractivity contribution in [3.63, 3.8) is 0 Å². The molecule has 3 rings (SSSR count). The van der Waals surface area contributed by atoms with Gasteiger partial charge < -0.3 is 10.2 Å². The van der Waals surface area contributed by atoms with Gasteiger partial charge in [0.05, 0.1) is 0 Å². The summed E-state index contributed by atoms with van der Waals surface area (Å²) in [6, 6.07) is 17.7. The Labute approximate surface area is 188 Å². The van der Waals surface area contributed by atoms with Crippen LogP contribution < -0.4 is 5.32 Å². The van der Waals surface area contributed by atoms with Crippen LogP contribution in [0.3, 0.4) is 0 Å². The number of hydrogen-bond donors (Lipinski definition) is 1. The van der Waals surface area contributed by atoms with E-state index in [0.717, 1.165) is 41.3 Å². The van der Waals surface area contributed by atoms with Gasteiger partial charge in [-0.25, -0.2) is 0 Å². The molecular formula is C25H31BrN2O2. The fourth-order valence-electron chi connectivity index (χ4n) is 4.02. The molecule has 1 unspecified atom stereocenters. The van der Waals surface area contributed by atoms with Gasteiger partial charge in [-0.3, -0.25) is 9.59 Å². The largest absolute Gasteiger partial charge is 0.352 e. The molecule has 1 aliphatic carbocycles. The van der Waals surface area contributed by atoms with E-state index in [4.69, 9.17) is 0 Å². The van der Waals surface area contributed by atoms with Gasteiger partial charge in [0.2, 0.25) is 11.8 Å². The second-order valence-electron chi connectivity index (χ2n) is 8.16. The Hall–Kier alpha value is -2.14. The molecule has 2 aromatic rings. The number of nitrogens with one attached hydrogen (secondary N) is 1. The van der Waals surface area contributed by atoms with Crippen LogP contribution in [0.15, 0.2) is 59.1 Å². The normalized spacial score (nSPS) is 15.4. The van der Waals surface area contributed by atoms with Gasteiger partial charge in [-0.05, 0) is 49.4 Å². The Morgan fingerprint density at radius 3 is 2.43 bits per heavy atom. The zero-order valence-electron chi connectivity index (χ0n) is 17.6. The quantitative estimate of drug-likeness (QED) is 0.572. The third kappa shape index (κ3) is 6.69. The molecule has 1 N–H and O–H groups in total. The van der Waals surface area contributed by atoms with E-state index in [1.165, 1.54) is 6.42 Å². The fourth-order valence-corrected chi connectivity index (χ4v) is 4.47. The van der Waals surface area contributed by atoms with E-state index < -0.39 is 6.04 Å². The molecule has 0 radical (unpaired) electrons. The Kier molecular flexibility index (Phi) is 8.50. The summed E-state index contributed by atoms with van der Waals surface area (Å²) >= 11 is 3.50. The van der Waals surface area contributed by atoms with E-state index in [1.54, 1.807) is 4.90 Å². The van der Waals surface area contributed by atoms with Crippen LogP contribution in [-0.4, -0.2) is 28.8 Å². The van der Waals surface area contributed by atoms with Crippen LogP contribution in [0.1, 0.15) is 56.6 Å². The minimum Gasteiger partial charge on any atom is -0.352 e. The van der Waals surface area contributed by atoms with Crippen LogP contribution >= 0.6 is 15.9 Å². The lowest BCUT2D eigenvalue weighted by molar-refractivity contribution is -0.141. The third-order valence-electron chi connectivity index (χ3n) is 5.83. The lowest BCUT2D eigenvalue weighted by atomic mass is 9.95. The van der Waals surface area contributed by atoms with Crippen molar-refractivity contribution in [2.45, 2.75) is 70.5 Å². The SMILES string of the molecule is CC(C(=O)NC1CCCCC1)N(Cc1cccc(Br)c1)C(=O)CCc1ccccc1. The smallest absolute Gasteiger partial charge is 0.242 e. The fraction of sp³-hybridized carbons (Fsp3) is 0.440. The monoisotopic (exact) mass is 470 g/mol. The van der Waals surface area contributed by atoms with E-state index in [9.17, 15) is 9.59 Å². The highest BCUT2D eigenvalue weighted by atomic mass is 79.9. The van der Waals surface area contributed by atoms with E-state index >= 15 is 0 Å². The maximum atomic E-state index is 13.2. The highest BCUT2D eigenvalue weighted by molar-refractivity contribution is 9.10. The molecule has 0 aliphatic heterocycles. The van der Waals surface area contributed by atoms with Crippen molar-refractivity contribution in [2.24, 2.45) is 0 Å². The van der Waals surface area contributed by atoms with Crippen LogP contribution in [-0.2, 0) is 22.6 Å². The van der Waals surface area contributed by atoms with Crippen molar-refractivity contribution >= 4 is 27.7 Å². The van der Waals surface area contributed by atoms with E-state index in [1.807, 2.05) is 61.5 Å². The number of amides is 2. The van der Waals surface area contributed by atoms with E-state index in [2.05, 4.69) is 21.2 Å². The lowest BCUT2D eigenvalue weighted by Gasteiger charge is -2.31. The van der Waals surface area contributed by atoms with Crippen LogP contribution in [0.4, 0.5) is 0 Å². The number of rotatable bonds is 8. The molecular weight excluding hydrogens is 440 g/mol. The molecule has 2 aromatic carbocycles. The number of benzene rings is 2. The van der Waals surface area contributed by atoms with Gasteiger partial charge in [-0.1, -0.05) is 77.7 Å². The van der Waals surface area contributed by atoms with Gasteiger partial charge in [0.1, 0.15) is 6.04 Å². The van der Waals surface area contributed by atoms with Crippen LogP contribution in [0, 0.1) is 0 Å². The third-order valence-corrected chi connectivity index (χ3v) is 6.32. The van der Waals surface area contributed by atoms with Gasteiger partial charge in [-0.15, -0.1) is 0 Å². The maximum Gasteiger partial charge on any atom is 0.242 e. The number of hydrogen-bond acceptors (Lipinski definition) is 2. The summed E-state index contributed by atoms with van der Waals surface area (Å²) in [6.07, 6.45) is 6.70. The van der Waals surface area contributed by atoms with Crippen molar-refractivity contribution in [2.75, 3.05) is 0 Å². The molecule has 0 heterocycles. The highest BCUT2D eigenvalue weighted by Crippen LogP contribution is 2.19. The van der Waals surface area contributed by atoms with Crippen molar-refractivity contribution in [3.05, 3.63) is 70.2 Å². The summed E-state index contributed by atoms with van der Waals surface area (Å²) in [6.45, 7) is 2.27. The number of aryl methyl sites for hydroxylation is 1. The van der Waals surface area contributed by atoms with Crippen molar-refractivity contribution in [3.8, 4) is 0 Å². The Bertz CT molecular complexity index is 834. The molecule has 1 saturated carbocycles. The average Bonchev–Trinajstić information content (AvgIpc) is 2.77. The summed E-state index contributed by atoms with van der Waals surface area (Å²) in [5, 5.41) is 3.18. The summed E-state index contributed by atoms with van der Waals surface area (Å²) in [5.74, 6) is -0.0462. The van der Waals surface area contributed by atoms with Gasteiger partial charge in [0.25, 0.3) is 0 Å². The number of nitrogens with zero attached hydrogens (tertiary/aromatic N) is 1. The molecule has 30 heavy (non-hydrogen) atoms.